The molecule has 0 radical (unpaired) electrons. The van der Waals surface area contributed by atoms with Crippen LogP contribution in [0.5, 0.6) is 5.75 Å². The van der Waals surface area contributed by atoms with Crippen molar-refractivity contribution in [3.8, 4) is 5.75 Å². The van der Waals surface area contributed by atoms with E-state index in [2.05, 4.69) is 4.98 Å². The number of hydrogen-bond donors (Lipinski definition) is 1. The van der Waals surface area contributed by atoms with Crippen LogP contribution in [0.4, 0.5) is 5.69 Å². The summed E-state index contributed by atoms with van der Waals surface area (Å²) in [7, 11) is 0. The van der Waals surface area contributed by atoms with Gasteiger partial charge in [-0.15, -0.1) is 0 Å². The Morgan fingerprint density at radius 3 is 3.00 bits per heavy atom. The van der Waals surface area contributed by atoms with E-state index in [4.69, 9.17) is 15.2 Å². The lowest BCUT2D eigenvalue weighted by Gasteiger charge is -2.09. The summed E-state index contributed by atoms with van der Waals surface area (Å²) in [5, 5.41) is 0.900. The maximum atomic E-state index is 5.85. The minimum absolute atomic E-state index is 0.228. The second kappa shape index (κ2) is 4.81. The van der Waals surface area contributed by atoms with Crippen LogP contribution in [0.3, 0.4) is 0 Å². The van der Waals surface area contributed by atoms with Crippen LogP contribution < -0.4 is 10.5 Å². The fraction of sp³-hybridized carbons (Fsp3) is 0.250. The minimum atomic E-state index is 0.228. The maximum Gasteiger partial charge on any atom is 0.189 e. The van der Waals surface area contributed by atoms with Crippen LogP contribution in [0.25, 0.3) is 10.9 Å². The molecule has 0 bridgehead atoms. The molecule has 0 aliphatic carbocycles. The summed E-state index contributed by atoms with van der Waals surface area (Å²) in [6, 6.07) is 7.39. The molecule has 0 saturated carbocycles. The van der Waals surface area contributed by atoms with Gasteiger partial charge >= 0.3 is 0 Å². The molecular weight excluding hydrogens is 204 g/mol. The number of nitrogens with zero attached hydrogens (tertiary/aromatic N) is 1. The molecule has 0 spiro atoms. The van der Waals surface area contributed by atoms with Crippen LogP contribution in [0, 0.1) is 0 Å². The van der Waals surface area contributed by atoms with Crippen molar-refractivity contribution in [2.45, 2.75) is 6.92 Å². The number of hydrogen-bond acceptors (Lipinski definition) is 4. The van der Waals surface area contributed by atoms with Crippen LogP contribution >= 0.6 is 0 Å². The zero-order chi connectivity index (χ0) is 11.4. The Balaban J connectivity index is 2.35. The first kappa shape index (κ1) is 10.7. The van der Waals surface area contributed by atoms with Crippen molar-refractivity contribution in [2.24, 2.45) is 0 Å². The van der Waals surface area contributed by atoms with Crippen LogP contribution in [-0.4, -0.2) is 18.4 Å². The average molecular weight is 218 g/mol. The molecule has 1 aromatic carbocycles. The van der Waals surface area contributed by atoms with E-state index in [9.17, 15) is 0 Å². The Labute approximate surface area is 94.0 Å². The van der Waals surface area contributed by atoms with E-state index < -0.39 is 0 Å². The standard InChI is InChI=1S/C12H14N2O2/c1-2-15-8-16-11-6-5-10(13)9-4-3-7-14-12(9)11/h3-7H,2,8,13H2,1H3. The van der Waals surface area contributed by atoms with E-state index in [1.165, 1.54) is 0 Å². The SMILES string of the molecule is CCOCOc1ccc(N)c2cccnc12. The highest BCUT2D eigenvalue weighted by Gasteiger charge is 2.05. The molecule has 4 nitrogen and oxygen atoms in total. The monoisotopic (exact) mass is 218 g/mol. The van der Waals surface area contributed by atoms with Crippen LogP contribution in [-0.2, 0) is 4.74 Å². The van der Waals surface area contributed by atoms with Gasteiger partial charge in [0, 0.05) is 23.9 Å². The number of benzene rings is 1. The number of fused-ring (bicyclic) bond motifs is 1. The van der Waals surface area contributed by atoms with Gasteiger partial charge in [0.05, 0.1) is 0 Å². The number of rotatable bonds is 4. The highest BCUT2D eigenvalue weighted by atomic mass is 16.7. The molecule has 0 unspecified atom stereocenters. The second-order valence-electron chi connectivity index (χ2n) is 3.31. The van der Waals surface area contributed by atoms with Gasteiger partial charge in [0.2, 0.25) is 0 Å². The van der Waals surface area contributed by atoms with Crippen molar-refractivity contribution >= 4 is 16.6 Å². The predicted molar refractivity (Wildman–Crippen MR) is 63.3 cm³/mol. The van der Waals surface area contributed by atoms with Gasteiger partial charge in [-0.25, -0.2) is 0 Å². The van der Waals surface area contributed by atoms with Gasteiger partial charge in [-0.05, 0) is 31.2 Å². The fourth-order valence-electron chi connectivity index (χ4n) is 1.47. The first-order valence-electron chi connectivity index (χ1n) is 5.16. The summed E-state index contributed by atoms with van der Waals surface area (Å²) in [4.78, 5) is 4.26. The lowest BCUT2D eigenvalue weighted by Crippen LogP contribution is -2.03. The molecule has 0 atom stereocenters. The molecule has 0 fully saturated rings. The molecule has 0 saturated heterocycles. The quantitative estimate of drug-likeness (QED) is 0.485. The Hall–Kier alpha value is -1.81. The summed E-state index contributed by atoms with van der Waals surface area (Å²) in [5.74, 6) is 0.693. The van der Waals surface area contributed by atoms with Crippen LogP contribution in [0.15, 0.2) is 30.5 Å². The van der Waals surface area contributed by atoms with E-state index in [1.807, 2.05) is 31.2 Å². The zero-order valence-corrected chi connectivity index (χ0v) is 9.14. The number of aromatic nitrogens is 1. The molecule has 2 N–H and O–H groups in total. The van der Waals surface area contributed by atoms with Gasteiger partial charge in [-0.1, -0.05) is 0 Å². The van der Waals surface area contributed by atoms with Gasteiger partial charge in [0.1, 0.15) is 11.3 Å². The van der Waals surface area contributed by atoms with E-state index in [0.29, 0.717) is 18.0 Å². The molecule has 2 aromatic rings. The molecule has 84 valence electrons. The molecule has 1 heterocycles. The summed E-state index contributed by atoms with van der Waals surface area (Å²) in [5.41, 5.74) is 7.32. The summed E-state index contributed by atoms with van der Waals surface area (Å²) in [6.07, 6.45) is 1.72. The summed E-state index contributed by atoms with van der Waals surface area (Å²) >= 11 is 0. The number of nitrogen functional groups attached to an aromatic ring is 1. The van der Waals surface area contributed by atoms with Crippen molar-refractivity contribution in [3.05, 3.63) is 30.5 Å². The van der Waals surface area contributed by atoms with Crippen molar-refractivity contribution in [2.75, 3.05) is 19.1 Å². The molecule has 0 amide bonds. The first-order chi connectivity index (χ1) is 7.83. The smallest absolute Gasteiger partial charge is 0.189 e. The Kier molecular flexibility index (Phi) is 3.22. The highest BCUT2D eigenvalue weighted by Crippen LogP contribution is 2.27. The third-order valence-electron chi connectivity index (χ3n) is 2.27. The molecular formula is C12H14N2O2. The zero-order valence-electron chi connectivity index (χ0n) is 9.14. The van der Waals surface area contributed by atoms with Crippen molar-refractivity contribution in [1.29, 1.82) is 0 Å². The van der Waals surface area contributed by atoms with Crippen molar-refractivity contribution < 1.29 is 9.47 Å². The van der Waals surface area contributed by atoms with Gasteiger partial charge < -0.3 is 15.2 Å². The van der Waals surface area contributed by atoms with E-state index in [0.717, 1.165) is 10.9 Å². The average Bonchev–Trinajstić information content (AvgIpc) is 2.33. The fourth-order valence-corrected chi connectivity index (χ4v) is 1.47. The van der Waals surface area contributed by atoms with Gasteiger partial charge in [-0.3, -0.25) is 4.98 Å². The van der Waals surface area contributed by atoms with Crippen molar-refractivity contribution in [3.63, 3.8) is 0 Å². The lowest BCUT2D eigenvalue weighted by atomic mass is 10.2. The molecule has 4 heteroatoms. The van der Waals surface area contributed by atoms with Gasteiger partial charge in [0.25, 0.3) is 0 Å². The molecule has 0 aliphatic heterocycles. The largest absolute Gasteiger partial charge is 0.465 e. The number of anilines is 1. The van der Waals surface area contributed by atoms with Crippen molar-refractivity contribution in [1.82, 2.24) is 4.98 Å². The number of ether oxygens (including phenoxy) is 2. The highest BCUT2D eigenvalue weighted by molar-refractivity contribution is 5.94. The van der Waals surface area contributed by atoms with Crippen LogP contribution in [0.2, 0.25) is 0 Å². The van der Waals surface area contributed by atoms with Crippen LogP contribution in [0.1, 0.15) is 6.92 Å². The topological polar surface area (TPSA) is 57.4 Å². The summed E-state index contributed by atoms with van der Waals surface area (Å²) < 4.78 is 10.6. The maximum absolute atomic E-state index is 5.85. The molecule has 1 aromatic heterocycles. The normalized spacial score (nSPS) is 10.6. The van der Waals surface area contributed by atoms with Gasteiger partial charge in [0.15, 0.2) is 6.79 Å². The molecule has 0 aliphatic rings. The lowest BCUT2D eigenvalue weighted by molar-refractivity contribution is 0.0232. The molecule has 2 rings (SSSR count). The summed E-state index contributed by atoms with van der Waals surface area (Å²) in [6.45, 7) is 2.77. The Bertz CT molecular complexity index is 485. The Morgan fingerprint density at radius 2 is 2.19 bits per heavy atom. The van der Waals surface area contributed by atoms with Gasteiger partial charge in [-0.2, -0.15) is 0 Å². The molecule has 16 heavy (non-hydrogen) atoms. The first-order valence-corrected chi connectivity index (χ1v) is 5.16. The predicted octanol–water partition coefficient (Wildman–Crippen LogP) is 2.19. The third-order valence-corrected chi connectivity index (χ3v) is 2.27. The van der Waals surface area contributed by atoms with E-state index in [-0.39, 0.29) is 6.79 Å². The Morgan fingerprint density at radius 1 is 1.31 bits per heavy atom. The van der Waals surface area contributed by atoms with E-state index >= 15 is 0 Å². The number of nitrogens with two attached hydrogens (primary N) is 1. The second-order valence-corrected chi connectivity index (χ2v) is 3.31. The minimum Gasteiger partial charge on any atom is -0.465 e. The third kappa shape index (κ3) is 2.06. The van der Waals surface area contributed by atoms with E-state index in [1.54, 1.807) is 6.20 Å². The number of pyridine rings is 1.